The molecule has 1 amide bonds. The van der Waals surface area contributed by atoms with Crippen LogP contribution in [0.3, 0.4) is 0 Å². The van der Waals surface area contributed by atoms with E-state index in [2.05, 4.69) is 19.2 Å². The summed E-state index contributed by atoms with van der Waals surface area (Å²) in [5.41, 5.74) is 0. The van der Waals surface area contributed by atoms with E-state index in [0.717, 1.165) is 25.7 Å². The lowest BCUT2D eigenvalue weighted by atomic mass is 10.0. The molecule has 0 aliphatic heterocycles. The van der Waals surface area contributed by atoms with Crippen LogP contribution in [0.5, 0.6) is 0 Å². The molecule has 0 rings (SSSR count). The molecule has 0 aliphatic carbocycles. The van der Waals surface area contributed by atoms with Gasteiger partial charge in [-0.15, -0.1) is 0 Å². The van der Waals surface area contributed by atoms with Crippen molar-refractivity contribution in [1.29, 1.82) is 0 Å². The summed E-state index contributed by atoms with van der Waals surface area (Å²) in [6.07, 6.45) is 50.9. The maximum Gasteiger partial charge on any atom is 0.220 e. The summed E-state index contributed by atoms with van der Waals surface area (Å²) >= 11 is 0. The highest BCUT2D eigenvalue weighted by molar-refractivity contribution is 5.76. The molecule has 0 fully saturated rings. The molecule has 2 unspecified atom stereocenters. The maximum absolute atomic E-state index is 12.3. The third kappa shape index (κ3) is 38.5. The van der Waals surface area contributed by atoms with Crippen LogP contribution in [-0.2, 0) is 4.79 Å². The summed E-state index contributed by atoms with van der Waals surface area (Å²) in [5, 5.41) is 22.9. The fourth-order valence-corrected chi connectivity index (χ4v) is 7.36. The largest absolute Gasteiger partial charge is 0.394 e. The average molecular weight is 694 g/mol. The fraction of sp³-hybridized carbons (Fsp3) is 0.978. The Morgan fingerprint density at radius 3 is 0.918 bits per heavy atom. The Morgan fingerprint density at radius 1 is 0.408 bits per heavy atom. The number of hydrogen-bond acceptors (Lipinski definition) is 3. The van der Waals surface area contributed by atoms with Crippen LogP contribution in [0.2, 0.25) is 0 Å². The number of unbranched alkanes of at least 4 members (excludes halogenated alkanes) is 35. The van der Waals surface area contributed by atoms with Gasteiger partial charge in [0.1, 0.15) is 0 Å². The van der Waals surface area contributed by atoms with Gasteiger partial charge >= 0.3 is 0 Å². The van der Waals surface area contributed by atoms with Crippen LogP contribution >= 0.6 is 0 Å². The second-order valence-electron chi connectivity index (χ2n) is 15.8. The molecule has 2 atom stereocenters. The van der Waals surface area contributed by atoms with Crippen molar-refractivity contribution >= 4 is 5.91 Å². The highest BCUT2D eigenvalue weighted by Crippen LogP contribution is 2.17. The van der Waals surface area contributed by atoms with E-state index in [4.69, 9.17) is 0 Å². The Hall–Kier alpha value is -0.610. The van der Waals surface area contributed by atoms with Crippen LogP contribution in [0.15, 0.2) is 0 Å². The van der Waals surface area contributed by atoms with Crippen molar-refractivity contribution in [1.82, 2.24) is 5.32 Å². The van der Waals surface area contributed by atoms with Gasteiger partial charge in [-0.1, -0.05) is 245 Å². The third-order valence-corrected chi connectivity index (χ3v) is 10.9. The van der Waals surface area contributed by atoms with Crippen LogP contribution in [0.25, 0.3) is 0 Å². The van der Waals surface area contributed by atoms with E-state index in [-0.39, 0.29) is 12.5 Å². The molecule has 0 aromatic heterocycles. The number of aliphatic hydroxyl groups excluding tert-OH is 2. The van der Waals surface area contributed by atoms with E-state index in [1.165, 1.54) is 212 Å². The lowest BCUT2D eigenvalue weighted by Crippen LogP contribution is -2.45. The van der Waals surface area contributed by atoms with Crippen LogP contribution in [0, 0.1) is 0 Å². The maximum atomic E-state index is 12.3. The first-order valence-electron chi connectivity index (χ1n) is 22.7. The molecular weight excluding hydrogens is 602 g/mol. The smallest absolute Gasteiger partial charge is 0.220 e. The van der Waals surface area contributed by atoms with Gasteiger partial charge in [-0.25, -0.2) is 0 Å². The Morgan fingerprint density at radius 2 is 0.653 bits per heavy atom. The molecule has 0 heterocycles. The molecule has 0 saturated carbocycles. The van der Waals surface area contributed by atoms with E-state index < -0.39 is 12.1 Å². The number of carbonyl (C=O) groups excluding carboxylic acids is 1. The van der Waals surface area contributed by atoms with Gasteiger partial charge in [0.25, 0.3) is 0 Å². The number of hydrogen-bond donors (Lipinski definition) is 3. The monoisotopic (exact) mass is 694 g/mol. The molecule has 4 nitrogen and oxygen atoms in total. The van der Waals surface area contributed by atoms with Crippen molar-refractivity contribution in [2.45, 2.75) is 276 Å². The lowest BCUT2D eigenvalue weighted by molar-refractivity contribution is -0.123. The first kappa shape index (κ1) is 48.4. The van der Waals surface area contributed by atoms with Gasteiger partial charge in [-0.2, -0.15) is 0 Å². The summed E-state index contributed by atoms with van der Waals surface area (Å²) in [6, 6.07) is -0.526. The number of aliphatic hydroxyl groups is 2. The van der Waals surface area contributed by atoms with Crippen LogP contribution in [0.1, 0.15) is 264 Å². The zero-order valence-electron chi connectivity index (χ0n) is 33.7. The van der Waals surface area contributed by atoms with Crippen molar-refractivity contribution in [3.05, 3.63) is 0 Å². The quantitative estimate of drug-likeness (QED) is 0.0557. The zero-order chi connectivity index (χ0) is 35.7. The molecule has 0 bridgehead atoms. The first-order valence-corrected chi connectivity index (χ1v) is 22.7. The second-order valence-corrected chi connectivity index (χ2v) is 15.8. The SMILES string of the molecule is CCCCCCCCCCCCCCCCCCCCCCCCCCCCCCCCCC(=O)NC(CO)C(O)CCCCCCCC. The Bertz CT molecular complexity index is 626. The fourth-order valence-electron chi connectivity index (χ4n) is 7.36. The van der Waals surface area contributed by atoms with Crippen molar-refractivity contribution in [2.75, 3.05) is 6.61 Å². The zero-order valence-corrected chi connectivity index (χ0v) is 33.7. The molecule has 3 N–H and O–H groups in total. The molecule has 0 aromatic rings. The molecule has 49 heavy (non-hydrogen) atoms. The van der Waals surface area contributed by atoms with Crippen LogP contribution in [0.4, 0.5) is 0 Å². The van der Waals surface area contributed by atoms with Crippen LogP contribution in [-0.4, -0.2) is 34.9 Å². The lowest BCUT2D eigenvalue weighted by Gasteiger charge is -2.22. The minimum absolute atomic E-state index is 0.0311. The highest BCUT2D eigenvalue weighted by atomic mass is 16.3. The summed E-state index contributed by atoms with van der Waals surface area (Å²) in [4.78, 5) is 12.3. The van der Waals surface area contributed by atoms with Gasteiger partial charge in [0.05, 0.1) is 18.8 Å². The minimum atomic E-state index is -0.650. The second kappa shape index (κ2) is 41.8. The normalized spacial score (nSPS) is 12.8. The average Bonchev–Trinajstić information content (AvgIpc) is 3.10. The number of carbonyl (C=O) groups is 1. The Labute approximate surface area is 308 Å². The van der Waals surface area contributed by atoms with E-state index >= 15 is 0 Å². The molecule has 0 radical (unpaired) electrons. The van der Waals surface area contributed by atoms with Gasteiger partial charge in [0, 0.05) is 6.42 Å². The van der Waals surface area contributed by atoms with Crippen molar-refractivity contribution in [2.24, 2.45) is 0 Å². The van der Waals surface area contributed by atoms with Gasteiger partial charge in [0.2, 0.25) is 5.91 Å². The molecule has 0 aliphatic rings. The predicted octanol–water partition coefficient (Wildman–Crippen LogP) is 14.1. The molecular formula is C45H91NO3. The van der Waals surface area contributed by atoms with Crippen molar-refractivity contribution in [3.8, 4) is 0 Å². The third-order valence-electron chi connectivity index (χ3n) is 10.9. The van der Waals surface area contributed by atoms with E-state index in [9.17, 15) is 15.0 Å². The minimum Gasteiger partial charge on any atom is -0.394 e. The van der Waals surface area contributed by atoms with E-state index in [1.54, 1.807) is 0 Å². The number of nitrogens with one attached hydrogen (secondary N) is 1. The topological polar surface area (TPSA) is 69.6 Å². The van der Waals surface area contributed by atoms with Crippen molar-refractivity contribution in [3.63, 3.8) is 0 Å². The Balaban J connectivity index is 3.29. The van der Waals surface area contributed by atoms with Crippen LogP contribution < -0.4 is 5.32 Å². The molecule has 4 heteroatoms. The van der Waals surface area contributed by atoms with E-state index in [0.29, 0.717) is 12.8 Å². The van der Waals surface area contributed by atoms with Crippen molar-refractivity contribution < 1.29 is 15.0 Å². The van der Waals surface area contributed by atoms with Gasteiger partial charge in [-0.05, 0) is 12.8 Å². The Kier molecular flexibility index (Phi) is 41.3. The molecule has 0 saturated heterocycles. The number of amides is 1. The molecule has 0 aromatic carbocycles. The van der Waals surface area contributed by atoms with E-state index in [1.807, 2.05) is 0 Å². The first-order chi connectivity index (χ1) is 24.2. The van der Waals surface area contributed by atoms with Gasteiger partial charge in [-0.3, -0.25) is 4.79 Å². The highest BCUT2D eigenvalue weighted by Gasteiger charge is 2.20. The summed E-state index contributed by atoms with van der Waals surface area (Å²) < 4.78 is 0. The molecule has 0 spiro atoms. The predicted molar refractivity (Wildman–Crippen MR) is 216 cm³/mol. The molecule has 294 valence electrons. The summed E-state index contributed by atoms with van der Waals surface area (Å²) in [6.45, 7) is 4.32. The summed E-state index contributed by atoms with van der Waals surface area (Å²) in [5.74, 6) is -0.0311. The van der Waals surface area contributed by atoms with Gasteiger partial charge < -0.3 is 15.5 Å². The number of rotatable bonds is 42. The summed E-state index contributed by atoms with van der Waals surface area (Å²) in [7, 11) is 0. The standard InChI is InChI=1S/C45H91NO3/c1-3-5-7-9-11-12-13-14-15-16-17-18-19-20-21-22-23-24-25-26-27-28-29-30-31-32-33-34-35-37-39-41-45(49)46-43(42-47)44(48)40-38-36-10-8-6-4-2/h43-44,47-48H,3-42H2,1-2H3,(H,46,49). The van der Waals surface area contributed by atoms with Gasteiger partial charge in [0.15, 0.2) is 0 Å².